The molecule has 0 saturated heterocycles. The first-order valence-corrected chi connectivity index (χ1v) is 8.11. The second kappa shape index (κ2) is 5.60. The van der Waals surface area contributed by atoms with Crippen molar-refractivity contribution in [1.82, 2.24) is 19.8 Å². The number of rotatable bonds is 7. The predicted octanol–water partition coefficient (Wildman–Crippen LogP) is 0.858. The van der Waals surface area contributed by atoms with Crippen LogP contribution in [0.4, 0.5) is 0 Å². The number of aromatic nitrogens is 2. The van der Waals surface area contributed by atoms with Gasteiger partial charge in [0.25, 0.3) is 10.0 Å². The summed E-state index contributed by atoms with van der Waals surface area (Å²) in [6.07, 6.45) is 2.26. The number of sulfonamides is 1. The monoisotopic (exact) mass is 286 g/mol. The summed E-state index contributed by atoms with van der Waals surface area (Å²) < 4.78 is 26.4. The topological polar surface area (TPSA) is 78.1 Å². The molecule has 0 aromatic carbocycles. The number of nitrogens with one attached hydrogen (secondary N) is 2. The third-order valence-electron chi connectivity index (χ3n) is 3.45. The molecule has 1 aromatic heterocycles. The lowest BCUT2D eigenvalue weighted by molar-refractivity contribution is 0.449. The minimum absolute atomic E-state index is 0.161. The number of aromatic amines is 1. The Bertz CT molecular complexity index is 534. The molecular weight excluding hydrogens is 264 g/mol. The maximum Gasteiger partial charge on any atom is 0.262 e. The fourth-order valence-electron chi connectivity index (χ4n) is 2.01. The minimum Gasteiger partial charge on any atom is -0.313 e. The number of nitrogens with zero attached hydrogens (tertiary/aromatic N) is 2. The molecule has 1 saturated carbocycles. The van der Waals surface area contributed by atoms with E-state index in [9.17, 15) is 8.42 Å². The Hall–Kier alpha value is -0.920. The summed E-state index contributed by atoms with van der Waals surface area (Å²) >= 11 is 0. The van der Waals surface area contributed by atoms with E-state index in [0.29, 0.717) is 19.0 Å². The SMILES string of the molecule is CCNCc1c(S(=O)(=O)N(C)CC2CC2)n[nH]c1C. The number of hydrogen-bond acceptors (Lipinski definition) is 4. The van der Waals surface area contributed by atoms with E-state index in [4.69, 9.17) is 0 Å². The van der Waals surface area contributed by atoms with Crippen LogP contribution in [-0.4, -0.2) is 43.1 Å². The molecule has 0 radical (unpaired) electrons. The molecule has 2 rings (SSSR count). The average Bonchev–Trinajstić information content (AvgIpc) is 3.09. The van der Waals surface area contributed by atoms with Gasteiger partial charge in [0.1, 0.15) is 0 Å². The smallest absolute Gasteiger partial charge is 0.262 e. The molecule has 1 aliphatic carbocycles. The van der Waals surface area contributed by atoms with E-state index >= 15 is 0 Å². The van der Waals surface area contributed by atoms with Gasteiger partial charge in [-0.25, -0.2) is 8.42 Å². The van der Waals surface area contributed by atoms with Crippen molar-refractivity contribution < 1.29 is 8.42 Å². The first-order chi connectivity index (χ1) is 8.96. The summed E-state index contributed by atoms with van der Waals surface area (Å²) in [5.74, 6) is 0.525. The molecule has 0 spiro atoms. The van der Waals surface area contributed by atoms with Gasteiger partial charge in [0, 0.05) is 31.4 Å². The molecule has 0 atom stereocenters. The van der Waals surface area contributed by atoms with E-state index in [1.54, 1.807) is 7.05 Å². The van der Waals surface area contributed by atoms with Gasteiger partial charge < -0.3 is 5.32 Å². The average molecular weight is 286 g/mol. The standard InChI is InChI=1S/C12H22N4O2S/c1-4-13-7-11-9(2)14-15-12(11)19(17,18)16(3)8-10-5-6-10/h10,13H,4-8H2,1-3H3,(H,14,15). The van der Waals surface area contributed by atoms with Crippen LogP contribution in [0.2, 0.25) is 0 Å². The Labute approximate surface area is 114 Å². The highest BCUT2D eigenvalue weighted by atomic mass is 32.2. The minimum atomic E-state index is -3.48. The van der Waals surface area contributed by atoms with Crippen molar-refractivity contribution in [2.45, 2.75) is 38.3 Å². The molecule has 1 fully saturated rings. The van der Waals surface area contributed by atoms with E-state index in [2.05, 4.69) is 15.5 Å². The second-order valence-electron chi connectivity index (χ2n) is 5.14. The number of H-pyrrole nitrogens is 1. The predicted molar refractivity (Wildman–Crippen MR) is 73.2 cm³/mol. The zero-order valence-corrected chi connectivity index (χ0v) is 12.5. The molecule has 0 bridgehead atoms. The van der Waals surface area contributed by atoms with Gasteiger partial charge in [-0.1, -0.05) is 6.92 Å². The van der Waals surface area contributed by atoms with Crippen molar-refractivity contribution in [1.29, 1.82) is 0 Å². The lowest BCUT2D eigenvalue weighted by Crippen LogP contribution is -2.30. The molecular formula is C12H22N4O2S. The maximum absolute atomic E-state index is 12.5. The van der Waals surface area contributed by atoms with Gasteiger partial charge in [-0.15, -0.1) is 0 Å². The Balaban J connectivity index is 2.23. The van der Waals surface area contributed by atoms with Gasteiger partial charge in [-0.3, -0.25) is 5.10 Å². The Morgan fingerprint density at radius 2 is 2.16 bits per heavy atom. The fraction of sp³-hybridized carbons (Fsp3) is 0.750. The van der Waals surface area contributed by atoms with E-state index in [1.807, 2.05) is 13.8 Å². The molecule has 0 amide bonds. The van der Waals surface area contributed by atoms with Crippen LogP contribution in [0.25, 0.3) is 0 Å². The van der Waals surface area contributed by atoms with Gasteiger partial charge in [-0.2, -0.15) is 9.40 Å². The van der Waals surface area contributed by atoms with Gasteiger partial charge in [-0.05, 0) is 32.2 Å². The van der Waals surface area contributed by atoms with Crippen molar-refractivity contribution in [3.05, 3.63) is 11.3 Å². The molecule has 0 unspecified atom stereocenters. The lowest BCUT2D eigenvalue weighted by atomic mass is 10.2. The van der Waals surface area contributed by atoms with Crippen molar-refractivity contribution in [3.63, 3.8) is 0 Å². The largest absolute Gasteiger partial charge is 0.313 e. The Kier molecular flexibility index (Phi) is 4.27. The van der Waals surface area contributed by atoms with Crippen molar-refractivity contribution in [3.8, 4) is 0 Å². The van der Waals surface area contributed by atoms with Crippen LogP contribution < -0.4 is 5.32 Å². The molecule has 1 heterocycles. The molecule has 19 heavy (non-hydrogen) atoms. The van der Waals surface area contributed by atoms with Gasteiger partial charge in [0.15, 0.2) is 5.03 Å². The van der Waals surface area contributed by atoms with Crippen LogP contribution in [0.5, 0.6) is 0 Å². The zero-order chi connectivity index (χ0) is 14.0. The molecule has 2 N–H and O–H groups in total. The Morgan fingerprint density at radius 3 is 2.74 bits per heavy atom. The van der Waals surface area contributed by atoms with E-state index < -0.39 is 10.0 Å². The highest BCUT2D eigenvalue weighted by molar-refractivity contribution is 7.89. The van der Waals surface area contributed by atoms with Crippen LogP contribution in [0.1, 0.15) is 31.0 Å². The lowest BCUT2D eigenvalue weighted by Gasteiger charge is -2.16. The van der Waals surface area contributed by atoms with Crippen LogP contribution >= 0.6 is 0 Å². The zero-order valence-electron chi connectivity index (χ0n) is 11.7. The van der Waals surface area contributed by atoms with Crippen LogP contribution in [0.3, 0.4) is 0 Å². The Morgan fingerprint density at radius 1 is 1.47 bits per heavy atom. The maximum atomic E-state index is 12.5. The van der Waals surface area contributed by atoms with Gasteiger partial charge in [0.05, 0.1) is 0 Å². The summed E-state index contributed by atoms with van der Waals surface area (Å²) in [7, 11) is -1.85. The van der Waals surface area contributed by atoms with E-state index in [0.717, 1.165) is 30.6 Å². The molecule has 108 valence electrons. The summed E-state index contributed by atoms with van der Waals surface area (Å²) in [5, 5.41) is 10.1. The highest BCUT2D eigenvalue weighted by Crippen LogP contribution is 2.31. The third kappa shape index (κ3) is 3.16. The first-order valence-electron chi connectivity index (χ1n) is 6.67. The van der Waals surface area contributed by atoms with Crippen LogP contribution in [-0.2, 0) is 16.6 Å². The van der Waals surface area contributed by atoms with Gasteiger partial charge >= 0.3 is 0 Å². The van der Waals surface area contributed by atoms with E-state index in [-0.39, 0.29) is 5.03 Å². The summed E-state index contributed by atoms with van der Waals surface area (Å²) in [6.45, 7) is 5.74. The molecule has 6 nitrogen and oxygen atoms in total. The molecule has 7 heteroatoms. The van der Waals surface area contributed by atoms with Crippen LogP contribution in [0.15, 0.2) is 5.03 Å². The summed E-state index contributed by atoms with van der Waals surface area (Å²) in [4.78, 5) is 0. The quantitative estimate of drug-likeness (QED) is 0.779. The number of aryl methyl sites for hydroxylation is 1. The first kappa shape index (κ1) is 14.5. The molecule has 1 aliphatic rings. The third-order valence-corrected chi connectivity index (χ3v) is 5.25. The summed E-state index contributed by atoms with van der Waals surface area (Å²) in [6, 6.07) is 0. The number of hydrogen-bond donors (Lipinski definition) is 2. The second-order valence-corrected chi connectivity index (χ2v) is 7.10. The van der Waals surface area contributed by atoms with E-state index in [1.165, 1.54) is 4.31 Å². The van der Waals surface area contributed by atoms with Gasteiger partial charge in [0.2, 0.25) is 0 Å². The molecule has 0 aliphatic heterocycles. The van der Waals surface area contributed by atoms with Crippen molar-refractivity contribution >= 4 is 10.0 Å². The molecule has 1 aromatic rings. The van der Waals surface area contributed by atoms with Crippen molar-refractivity contribution in [2.75, 3.05) is 20.1 Å². The summed E-state index contributed by atoms with van der Waals surface area (Å²) in [5.41, 5.74) is 1.55. The highest BCUT2D eigenvalue weighted by Gasteiger charge is 2.32. The normalized spacial score (nSPS) is 16.2. The van der Waals surface area contributed by atoms with Crippen molar-refractivity contribution in [2.24, 2.45) is 5.92 Å². The van der Waals surface area contributed by atoms with Crippen LogP contribution in [0, 0.1) is 12.8 Å². The fourth-order valence-corrected chi connectivity index (χ4v) is 3.41.